The number of hydrogen-bond donors (Lipinski definition) is 3. The fourth-order valence-corrected chi connectivity index (χ4v) is 1.63. The number of H-pyrrole nitrogens is 1. The van der Waals surface area contributed by atoms with Crippen molar-refractivity contribution in [2.24, 2.45) is 11.5 Å². The van der Waals surface area contributed by atoms with Gasteiger partial charge >= 0.3 is 0 Å². The minimum atomic E-state index is -0.380. The zero-order valence-corrected chi connectivity index (χ0v) is 8.23. The molecule has 1 atom stereocenters. The zero-order valence-electron chi connectivity index (χ0n) is 8.23. The lowest BCUT2D eigenvalue weighted by molar-refractivity contribution is -0.118. The van der Waals surface area contributed by atoms with E-state index in [0.29, 0.717) is 0 Å². The average molecular weight is 203 g/mol. The molecule has 0 saturated carbocycles. The van der Waals surface area contributed by atoms with E-state index in [1.165, 1.54) is 0 Å². The molecular weight excluding hydrogens is 190 g/mol. The van der Waals surface area contributed by atoms with Crippen LogP contribution in [0.1, 0.15) is 18.0 Å². The second kappa shape index (κ2) is 3.74. The molecular formula is C11H13N3O. The average Bonchev–Trinajstić information content (AvgIpc) is 2.62. The smallest absolute Gasteiger partial charge is 0.219 e. The standard InChI is InChI=1S/C11H13N3O/c12-9(6-11(13)15)8-2-1-7-3-4-14-10(7)5-8/h1-5,9,14H,6,12H2,(H2,13,15)/t9-/m1/s1. The van der Waals surface area contributed by atoms with E-state index < -0.39 is 0 Å². The van der Waals surface area contributed by atoms with Crippen LogP contribution in [0.15, 0.2) is 30.5 Å². The van der Waals surface area contributed by atoms with E-state index in [4.69, 9.17) is 11.5 Å². The van der Waals surface area contributed by atoms with Crippen LogP contribution in [0, 0.1) is 0 Å². The predicted octanol–water partition coefficient (Wildman–Crippen LogP) is 1.04. The van der Waals surface area contributed by atoms with Crippen LogP contribution in [-0.2, 0) is 4.79 Å². The van der Waals surface area contributed by atoms with Gasteiger partial charge in [-0.25, -0.2) is 0 Å². The van der Waals surface area contributed by atoms with Crippen LogP contribution >= 0.6 is 0 Å². The topological polar surface area (TPSA) is 84.9 Å². The molecule has 0 aliphatic rings. The van der Waals surface area contributed by atoms with Gasteiger partial charge in [-0.3, -0.25) is 4.79 Å². The van der Waals surface area contributed by atoms with E-state index >= 15 is 0 Å². The van der Waals surface area contributed by atoms with Gasteiger partial charge in [-0.2, -0.15) is 0 Å². The van der Waals surface area contributed by atoms with E-state index in [1.54, 1.807) is 0 Å². The largest absolute Gasteiger partial charge is 0.370 e. The first-order chi connectivity index (χ1) is 7.16. The molecule has 1 aromatic carbocycles. The maximum absolute atomic E-state index is 10.7. The molecule has 0 fully saturated rings. The summed E-state index contributed by atoms with van der Waals surface area (Å²) in [5.41, 5.74) is 12.9. The molecule has 0 bridgehead atoms. The third-order valence-corrected chi connectivity index (χ3v) is 2.43. The van der Waals surface area contributed by atoms with Gasteiger partial charge in [0.15, 0.2) is 0 Å². The van der Waals surface area contributed by atoms with E-state index in [0.717, 1.165) is 16.5 Å². The van der Waals surface area contributed by atoms with Crippen LogP contribution in [0.4, 0.5) is 0 Å². The monoisotopic (exact) mass is 203 g/mol. The summed E-state index contributed by atoms with van der Waals surface area (Å²) in [5, 5.41) is 1.13. The highest BCUT2D eigenvalue weighted by molar-refractivity contribution is 5.80. The summed E-state index contributed by atoms with van der Waals surface area (Å²) in [4.78, 5) is 13.8. The van der Waals surface area contributed by atoms with E-state index in [2.05, 4.69) is 4.98 Å². The molecule has 5 N–H and O–H groups in total. The number of hydrogen-bond acceptors (Lipinski definition) is 2. The van der Waals surface area contributed by atoms with Gasteiger partial charge in [0.05, 0.1) is 0 Å². The molecule has 0 aliphatic heterocycles. The molecule has 4 nitrogen and oxygen atoms in total. The predicted molar refractivity (Wildman–Crippen MR) is 59.0 cm³/mol. The van der Waals surface area contributed by atoms with Crippen molar-refractivity contribution < 1.29 is 4.79 Å². The number of carbonyl (C=O) groups is 1. The summed E-state index contributed by atoms with van der Waals surface area (Å²) < 4.78 is 0. The van der Waals surface area contributed by atoms with Crippen molar-refractivity contribution in [3.8, 4) is 0 Å². The number of benzene rings is 1. The van der Waals surface area contributed by atoms with Gasteiger partial charge < -0.3 is 16.5 Å². The second-order valence-electron chi connectivity index (χ2n) is 3.60. The second-order valence-corrected chi connectivity index (χ2v) is 3.60. The van der Waals surface area contributed by atoms with Crippen molar-refractivity contribution in [2.45, 2.75) is 12.5 Å². The van der Waals surface area contributed by atoms with Crippen molar-refractivity contribution in [1.29, 1.82) is 0 Å². The Hall–Kier alpha value is -1.81. The Bertz CT molecular complexity index is 489. The Balaban J connectivity index is 2.30. The van der Waals surface area contributed by atoms with Gasteiger partial charge in [0.1, 0.15) is 0 Å². The summed E-state index contributed by atoms with van der Waals surface area (Å²) in [6, 6.07) is 7.50. The minimum Gasteiger partial charge on any atom is -0.370 e. The number of rotatable bonds is 3. The normalized spacial score (nSPS) is 12.9. The number of fused-ring (bicyclic) bond motifs is 1. The summed E-state index contributed by atoms with van der Waals surface area (Å²) in [7, 11) is 0. The highest BCUT2D eigenvalue weighted by Crippen LogP contribution is 2.19. The zero-order chi connectivity index (χ0) is 10.8. The van der Waals surface area contributed by atoms with Crippen molar-refractivity contribution in [1.82, 2.24) is 4.98 Å². The third kappa shape index (κ3) is 1.99. The van der Waals surface area contributed by atoms with Crippen LogP contribution in [0.5, 0.6) is 0 Å². The van der Waals surface area contributed by atoms with Crippen molar-refractivity contribution in [3.63, 3.8) is 0 Å². The van der Waals surface area contributed by atoms with Crippen LogP contribution in [0.3, 0.4) is 0 Å². The fourth-order valence-electron chi connectivity index (χ4n) is 1.63. The Morgan fingerprint density at radius 2 is 2.20 bits per heavy atom. The number of aromatic amines is 1. The first-order valence-electron chi connectivity index (χ1n) is 4.78. The number of aromatic nitrogens is 1. The quantitative estimate of drug-likeness (QED) is 0.696. The minimum absolute atomic E-state index is 0.173. The molecule has 0 unspecified atom stereocenters. The molecule has 0 saturated heterocycles. The molecule has 0 spiro atoms. The molecule has 0 radical (unpaired) electrons. The fraction of sp³-hybridized carbons (Fsp3) is 0.182. The van der Waals surface area contributed by atoms with Crippen molar-refractivity contribution in [2.75, 3.05) is 0 Å². The number of nitrogens with one attached hydrogen (secondary N) is 1. The lowest BCUT2D eigenvalue weighted by Crippen LogP contribution is -2.20. The lowest BCUT2D eigenvalue weighted by atomic mass is 10.0. The first kappa shape index (κ1) is 9.73. The molecule has 78 valence electrons. The Labute approximate surface area is 87.3 Å². The first-order valence-corrected chi connectivity index (χ1v) is 4.78. The SMILES string of the molecule is NC(=O)C[C@@H](N)c1ccc2cc[nH]c2c1. The molecule has 15 heavy (non-hydrogen) atoms. The van der Waals surface area contributed by atoms with E-state index in [1.807, 2.05) is 30.5 Å². The molecule has 4 heteroatoms. The molecule has 2 aromatic rings. The lowest BCUT2D eigenvalue weighted by Gasteiger charge is -2.09. The number of carbonyl (C=O) groups excluding carboxylic acids is 1. The van der Waals surface area contributed by atoms with Crippen LogP contribution in [-0.4, -0.2) is 10.9 Å². The van der Waals surface area contributed by atoms with Gasteiger partial charge in [0, 0.05) is 24.2 Å². The molecule has 1 aromatic heterocycles. The highest BCUT2D eigenvalue weighted by Gasteiger charge is 2.09. The van der Waals surface area contributed by atoms with Gasteiger partial charge in [0.2, 0.25) is 5.91 Å². The van der Waals surface area contributed by atoms with Gasteiger partial charge in [-0.05, 0) is 23.1 Å². The summed E-state index contributed by atoms with van der Waals surface area (Å²) in [6.45, 7) is 0. The maximum atomic E-state index is 10.7. The Morgan fingerprint density at radius 3 is 2.93 bits per heavy atom. The molecule has 1 amide bonds. The molecule has 1 heterocycles. The van der Waals surface area contributed by atoms with Gasteiger partial charge in [-0.15, -0.1) is 0 Å². The third-order valence-electron chi connectivity index (χ3n) is 2.43. The van der Waals surface area contributed by atoms with Gasteiger partial charge in [0.25, 0.3) is 0 Å². The van der Waals surface area contributed by atoms with E-state index in [-0.39, 0.29) is 18.4 Å². The van der Waals surface area contributed by atoms with Crippen molar-refractivity contribution in [3.05, 3.63) is 36.0 Å². The Morgan fingerprint density at radius 1 is 1.40 bits per heavy atom. The summed E-state index contributed by atoms with van der Waals surface area (Å²) in [5.74, 6) is -0.380. The number of primary amides is 1. The Kier molecular flexibility index (Phi) is 2.43. The van der Waals surface area contributed by atoms with Crippen LogP contribution in [0.25, 0.3) is 10.9 Å². The number of nitrogens with two attached hydrogens (primary N) is 2. The van der Waals surface area contributed by atoms with Crippen LogP contribution < -0.4 is 11.5 Å². The summed E-state index contributed by atoms with van der Waals surface area (Å²) in [6.07, 6.45) is 2.04. The summed E-state index contributed by atoms with van der Waals surface area (Å²) >= 11 is 0. The molecule has 2 rings (SSSR count). The van der Waals surface area contributed by atoms with Gasteiger partial charge in [-0.1, -0.05) is 12.1 Å². The maximum Gasteiger partial charge on any atom is 0.219 e. The van der Waals surface area contributed by atoms with Crippen molar-refractivity contribution >= 4 is 16.8 Å². The highest BCUT2D eigenvalue weighted by atomic mass is 16.1. The molecule has 0 aliphatic carbocycles. The number of amides is 1. The van der Waals surface area contributed by atoms with Crippen LogP contribution in [0.2, 0.25) is 0 Å². The van der Waals surface area contributed by atoms with E-state index in [9.17, 15) is 4.79 Å².